The van der Waals surface area contributed by atoms with Gasteiger partial charge in [-0.25, -0.2) is 4.98 Å². The zero-order valence-corrected chi connectivity index (χ0v) is 10.4. The smallest absolute Gasteiger partial charge is 0.187 e. The van der Waals surface area contributed by atoms with Crippen LogP contribution in [0.15, 0.2) is 0 Å². The molecule has 5 heteroatoms. The zero-order valence-electron chi connectivity index (χ0n) is 9.57. The third-order valence-electron chi connectivity index (χ3n) is 1.87. The van der Waals surface area contributed by atoms with Crippen LogP contribution in [0.3, 0.4) is 0 Å². The van der Waals surface area contributed by atoms with Crippen LogP contribution in [0.5, 0.6) is 0 Å². The van der Waals surface area contributed by atoms with Crippen molar-refractivity contribution in [2.24, 2.45) is 5.92 Å². The fourth-order valence-corrected chi connectivity index (χ4v) is 2.03. The monoisotopic (exact) mass is 227 g/mol. The molecule has 0 fully saturated rings. The molecule has 15 heavy (non-hydrogen) atoms. The third-order valence-corrected chi connectivity index (χ3v) is 3.15. The molecule has 0 saturated carbocycles. The van der Waals surface area contributed by atoms with E-state index in [9.17, 15) is 4.79 Å². The minimum absolute atomic E-state index is 0.0908. The quantitative estimate of drug-likeness (QED) is 0.799. The highest BCUT2D eigenvalue weighted by Gasteiger charge is 2.17. The third kappa shape index (κ3) is 2.92. The maximum Gasteiger partial charge on any atom is 0.187 e. The van der Waals surface area contributed by atoms with Crippen molar-refractivity contribution in [2.75, 3.05) is 24.7 Å². The summed E-state index contributed by atoms with van der Waals surface area (Å²) in [6.07, 6.45) is 0.527. The number of nitrogens with zero attached hydrogens (tertiary/aromatic N) is 2. The Balaban J connectivity index is 2.89. The summed E-state index contributed by atoms with van der Waals surface area (Å²) in [6, 6.07) is 0. The zero-order chi connectivity index (χ0) is 11.6. The molecule has 0 amide bonds. The number of nitrogen functional groups attached to an aromatic ring is 1. The summed E-state index contributed by atoms with van der Waals surface area (Å²) in [4.78, 5) is 18.4. The van der Waals surface area contributed by atoms with Crippen molar-refractivity contribution in [3.05, 3.63) is 4.88 Å². The summed E-state index contributed by atoms with van der Waals surface area (Å²) in [6.45, 7) is 4.03. The van der Waals surface area contributed by atoms with Gasteiger partial charge >= 0.3 is 0 Å². The second-order valence-electron chi connectivity index (χ2n) is 4.13. The normalized spacial score (nSPS) is 10.7. The molecule has 1 heterocycles. The van der Waals surface area contributed by atoms with Gasteiger partial charge in [-0.15, -0.1) is 0 Å². The van der Waals surface area contributed by atoms with Crippen molar-refractivity contribution in [3.63, 3.8) is 0 Å². The number of hydrogen-bond acceptors (Lipinski definition) is 5. The topological polar surface area (TPSA) is 59.2 Å². The highest BCUT2D eigenvalue weighted by molar-refractivity contribution is 7.18. The largest absolute Gasteiger partial charge is 0.382 e. The fraction of sp³-hybridized carbons (Fsp3) is 0.600. The molecule has 0 aliphatic rings. The Morgan fingerprint density at radius 1 is 1.53 bits per heavy atom. The van der Waals surface area contributed by atoms with Crippen LogP contribution >= 0.6 is 11.3 Å². The molecule has 0 spiro atoms. The predicted octanol–water partition coefficient (Wildman–Crippen LogP) is 2.02. The average Bonchev–Trinajstić information content (AvgIpc) is 2.46. The van der Waals surface area contributed by atoms with E-state index >= 15 is 0 Å². The van der Waals surface area contributed by atoms with Crippen molar-refractivity contribution in [1.82, 2.24) is 4.98 Å². The first-order chi connectivity index (χ1) is 6.91. The van der Waals surface area contributed by atoms with Crippen LogP contribution in [0.2, 0.25) is 0 Å². The van der Waals surface area contributed by atoms with E-state index in [1.807, 2.05) is 32.8 Å². The second-order valence-corrected chi connectivity index (χ2v) is 5.10. The van der Waals surface area contributed by atoms with Crippen LogP contribution in [0.25, 0.3) is 0 Å². The van der Waals surface area contributed by atoms with Gasteiger partial charge in [-0.05, 0) is 5.92 Å². The molecule has 1 rings (SSSR count). The molecule has 0 aromatic carbocycles. The Labute approximate surface area is 94.1 Å². The Morgan fingerprint density at radius 2 is 2.13 bits per heavy atom. The number of rotatable bonds is 4. The number of hydrogen-bond donors (Lipinski definition) is 1. The van der Waals surface area contributed by atoms with Gasteiger partial charge in [0.25, 0.3) is 0 Å². The van der Waals surface area contributed by atoms with Gasteiger partial charge in [0.2, 0.25) is 0 Å². The van der Waals surface area contributed by atoms with Gasteiger partial charge in [0.05, 0.1) is 0 Å². The lowest BCUT2D eigenvalue weighted by Gasteiger charge is -2.05. The Kier molecular flexibility index (Phi) is 3.68. The van der Waals surface area contributed by atoms with Gasteiger partial charge in [0.1, 0.15) is 10.7 Å². The van der Waals surface area contributed by atoms with Crippen LogP contribution in [0.4, 0.5) is 10.9 Å². The Bertz CT molecular complexity index is 358. The number of aromatic nitrogens is 1. The molecular formula is C10H17N3OS. The number of ketones is 1. The van der Waals surface area contributed by atoms with Crippen molar-refractivity contribution in [1.29, 1.82) is 0 Å². The van der Waals surface area contributed by atoms with Gasteiger partial charge in [-0.2, -0.15) is 0 Å². The first-order valence-corrected chi connectivity index (χ1v) is 5.70. The summed E-state index contributed by atoms with van der Waals surface area (Å²) >= 11 is 1.36. The fourth-order valence-electron chi connectivity index (χ4n) is 1.17. The Hall–Kier alpha value is -1.10. The minimum atomic E-state index is 0.0908. The number of Topliss-reactive ketones (excluding diaryl/α,β-unsaturated/α-hetero) is 1. The van der Waals surface area contributed by atoms with E-state index < -0.39 is 0 Å². The average molecular weight is 227 g/mol. The first kappa shape index (κ1) is 12.0. The maximum atomic E-state index is 11.8. The van der Waals surface area contributed by atoms with E-state index in [4.69, 9.17) is 5.73 Å². The molecule has 0 saturated heterocycles. The number of nitrogens with two attached hydrogens (primary N) is 1. The van der Waals surface area contributed by atoms with E-state index in [2.05, 4.69) is 4.98 Å². The number of carbonyl (C=O) groups is 1. The molecule has 84 valence electrons. The Morgan fingerprint density at radius 3 is 2.53 bits per heavy atom. The second kappa shape index (κ2) is 4.61. The number of thiazole rings is 1. The lowest BCUT2D eigenvalue weighted by atomic mass is 10.1. The van der Waals surface area contributed by atoms with Crippen molar-refractivity contribution >= 4 is 28.1 Å². The van der Waals surface area contributed by atoms with Crippen LogP contribution in [-0.4, -0.2) is 24.9 Å². The van der Waals surface area contributed by atoms with Crippen LogP contribution in [-0.2, 0) is 0 Å². The van der Waals surface area contributed by atoms with E-state index in [1.165, 1.54) is 11.3 Å². The summed E-state index contributed by atoms with van der Waals surface area (Å²) in [7, 11) is 3.77. The molecule has 1 aromatic heterocycles. The molecule has 2 N–H and O–H groups in total. The number of carbonyl (C=O) groups excluding carboxylic acids is 1. The molecule has 0 unspecified atom stereocenters. The maximum absolute atomic E-state index is 11.8. The van der Waals surface area contributed by atoms with Gasteiger partial charge in [-0.3, -0.25) is 4.79 Å². The molecule has 0 aliphatic carbocycles. The molecule has 0 atom stereocenters. The lowest BCUT2D eigenvalue weighted by molar-refractivity contribution is 0.0972. The summed E-state index contributed by atoms with van der Waals surface area (Å²) < 4.78 is 0. The van der Waals surface area contributed by atoms with Crippen molar-refractivity contribution in [2.45, 2.75) is 20.3 Å². The molecule has 0 aliphatic heterocycles. The van der Waals surface area contributed by atoms with Gasteiger partial charge in [0, 0.05) is 20.5 Å². The van der Waals surface area contributed by atoms with Crippen LogP contribution in [0.1, 0.15) is 29.9 Å². The highest BCUT2D eigenvalue weighted by Crippen LogP contribution is 2.28. The van der Waals surface area contributed by atoms with E-state index in [1.54, 1.807) is 0 Å². The van der Waals surface area contributed by atoms with E-state index in [0.29, 0.717) is 23.0 Å². The number of anilines is 2. The first-order valence-electron chi connectivity index (χ1n) is 4.88. The molecule has 0 bridgehead atoms. The summed E-state index contributed by atoms with van der Waals surface area (Å²) in [5.41, 5.74) is 5.71. The van der Waals surface area contributed by atoms with E-state index in [0.717, 1.165) is 5.13 Å². The van der Waals surface area contributed by atoms with E-state index in [-0.39, 0.29) is 5.78 Å². The van der Waals surface area contributed by atoms with Gasteiger partial charge in [-0.1, -0.05) is 25.2 Å². The van der Waals surface area contributed by atoms with Crippen molar-refractivity contribution < 1.29 is 4.79 Å². The minimum Gasteiger partial charge on any atom is -0.382 e. The van der Waals surface area contributed by atoms with Gasteiger partial charge < -0.3 is 10.6 Å². The SMILES string of the molecule is CC(C)CC(=O)c1sc(N(C)C)nc1N. The van der Waals surface area contributed by atoms with Crippen molar-refractivity contribution in [3.8, 4) is 0 Å². The molecule has 4 nitrogen and oxygen atoms in total. The highest BCUT2D eigenvalue weighted by atomic mass is 32.1. The predicted molar refractivity (Wildman–Crippen MR) is 64.6 cm³/mol. The standard InChI is InChI=1S/C10H17N3OS/c1-6(2)5-7(14)8-9(11)12-10(15-8)13(3)4/h6H,5,11H2,1-4H3. The lowest BCUT2D eigenvalue weighted by Crippen LogP contribution is -2.07. The van der Waals surface area contributed by atoms with Crippen LogP contribution in [0, 0.1) is 5.92 Å². The summed E-state index contributed by atoms with van der Waals surface area (Å²) in [5.74, 6) is 0.796. The molecule has 1 aromatic rings. The van der Waals surface area contributed by atoms with Gasteiger partial charge in [0.15, 0.2) is 10.9 Å². The summed E-state index contributed by atoms with van der Waals surface area (Å²) in [5, 5.41) is 0.777. The molecular weight excluding hydrogens is 210 g/mol. The molecule has 0 radical (unpaired) electrons. The van der Waals surface area contributed by atoms with Crippen LogP contribution < -0.4 is 10.6 Å².